The highest BCUT2D eigenvalue weighted by Crippen LogP contribution is 2.39. The Labute approximate surface area is 159 Å². The van der Waals surface area contributed by atoms with E-state index in [0.29, 0.717) is 5.56 Å². The van der Waals surface area contributed by atoms with Crippen molar-refractivity contribution in [2.45, 2.75) is 19.4 Å². The zero-order valence-electron chi connectivity index (χ0n) is 14.6. The zero-order valence-corrected chi connectivity index (χ0v) is 16.3. The molecule has 0 aliphatic carbocycles. The molecule has 4 heteroatoms. The zero-order chi connectivity index (χ0) is 18.1. The summed E-state index contributed by atoms with van der Waals surface area (Å²) >= 11 is 1.60. The molecule has 2 heterocycles. The first-order valence-corrected chi connectivity index (χ1v) is 10.6. The molecule has 0 fully saturated rings. The molecule has 1 unspecified atom stereocenters. The molecule has 1 atom stereocenters. The van der Waals surface area contributed by atoms with Crippen LogP contribution in [-0.4, -0.2) is 5.97 Å². The molecule has 4 rings (SSSR count). The van der Waals surface area contributed by atoms with Crippen molar-refractivity contribution >= 4 is 37.9 Å². The van der Waals surface area contributed by atoms with Crippen LogP contribution in [0.25, 0.3) is 15.0 Å². The summed E-state index contributed by atoms with van der Waals surface area (Å²) < 4.78 is 7.08. The van der Waals surface area contributed by atoms with E-state index in [4.69, 9.17) is 4.74 Å². The minimum Gasteiger partial charge on any atom is -0.451 e. The molecule has 4 aromatic rings. The molecule has 2 aromatic heterocycles. The van der Waals surface area contributed by atoms with Crippen LogP contribution in [0.4, 0.5) is 0 Å². The number of carbonyl (C=O) groups is 1. The van der Waals surface area contributed by atoms with Gasteiger partial charge in [-0.2, -0.15) is 11.3 Å². The first kappa shape index (κ1) is 17.0. The number of benzene rings is 2. The highest BCUT2D eigenvalue weighted by atomic mass is 32.2. The van der Waals surface area contributed by atoms with E-state index in [1.54, 1.807) is 11.3 Å². The van der Waals surface area contributed by atoms with Gasteiger partial charge in [0.2, 0.25) is 0 Å². The maximum absolute atomic E-state index is 12.6. The Morgan fingerprint density at radius 1 is 1.00 bits per heavy atom. The van der Waals surface area contributed by atoms with Gasteiger partial charge in [0.25, 0.3) is 0 Å². The minimum atomic E-state index is -0.634. The number of fused-ring (bicyclic) bond motifs is 1. The molecular formula is C22H19O2S2+. The Bertz CT molecular complexity index is 1040. The summed E-state index contributed by atoms with van der Waals surface area (Å²) in [6, 6.07) is 20.4. The first-order chi connectivity index (χ1) is 12.5. The van der Waals surface area contributed by atoms with E-state index < -0.39 is 5.60 Å². The number of hydrogen-bond acceptors (Lipinski definition) is 3. The molecule has 0 bridgehead atoms. The molecule has 0 amide bonds. The molecule has 0 N–H and O–H groups in total. The summed E-state index contributed by atoms with van der Waals surface area (Å²) in [4.78, 5) is 13.8. The van der Waals surface area contributed by atoms with Crippen LogP contribution in [0.3, 0.4) is 0 Å². The maximum atomic E-state index is 12.6. The summed E-state index contributed by atoms with van der Waals surface area (Å²) in [6.07, 6.45) is 0. The van der Waals surface area contributed by atoms with Crippen LogP contribution in [0, 0.1) is 0 Å². The third-order valence-corrected chi connectivity index (χ3v) is 7.16. The fraction of sp³-hybridized carbons (Fsp3) is 0.136. The molecule has 26 heavy (non-hydrogen) atoms. The largest absolute Gasteiger partial charge is 0.451 e. The number of ether oxygens (including phenoxy) is 1. The Morgan fingerprint density at radius 2 is 1.77 bits per heavy atom. The van der Waals surface area contributed by atoms with Gasteiger partial charge in [-0.1, -0.05) is 12.1 Å². The lowest BCUT2D eigenvalue weighted by molar-refractivity contribution is -0.00294. The predicted octanol–water partition coefficient (Wildman–Crippen LogP) is 6.73. The average molecular weight is 380 g/mol. The van der Waals surface area contributed by atoms with Crippen LogP contribution in [0.15, 0.2) is 76.8 Å². The SMILES string of the molecule is CC(C)(OC(=O)c1ccc(-[s+]2ccc3ccccc32)cc1)c1ccsc1. The van der Waals surface area contributed by atoms with Crippen molar-refractivity contribution in [2.24, 2.45) is 0 Å². The summed E-state index contributed by atoms with van der Waals surface area (Å²) in [7, 11) is -0.0617. The lowest BCUT2D eigenvalue weighted by atomic mass is 10.0. The maximum Gasteiger partial charge on any atom is 0.338 e. The van der Waals surface area contributed by atoms with E-state index >= 15 is 0 Å². The monoisotopic (exact) mass is 379 g/mol. The Morgan fingerprint density at radius 3 is 2.50 bits per heavy atom. The average Bonchev–Trinajstić information content (AvgIpc) is 3.32. The van der Waals surface area contributed by atoms with Gasteiger partial charge >= 0.3 is 5.97 Å². The molecule has 0 spiro atoms. The standard InChI is InChI=1S/C22H19O2S2/c1-22(2,18-11-13-25-15-18)24-21(23)17-7-9-19(10-8-17)26-14-12-16-5-3-4-6-20(16)26/h3-15H,1-2H3/q+1. The normalized spacial score (nSPS) is 12.3. The number of hydrogen-bond donors (Lipinski definition) is 0. The van der Waals surface area contributed by atoms with Crippen LogP contribution in [0.2, 0.25) is 0 Å². The molecule has 0 saturated heterocycles. The first-order valence-electron chi connectivity index (χ1n) is 8.41. The van der Waals surface area contributed by atoms with Crippen LogP contribution in [0.1, 0.15) is 29.8 Å². The van der Waals surface area contributed by atoms with Gasteiger partial charge in [0.1, 0.15) is 11.0 Å². The summed E-state index contributed by atoms with van der Waals surface area (Å²) in [5.41, 5.74) is 0.962. The molecule has 130 valence electrons. The van der Waals surface area contributed by atoms with Crippen molar-refractivity contribution in [3.05, 3.63) is 87.9 Å². The molecule has 2 nitrogen and oxygen atoms in total. The van der Waals surface area contributed by atoms with E-state index in [0.717, 1.165) is 5.56 Å². The molecule has 0 aliphatic rings. The van der Waals surface area contributed by atoms with E-state index in [9.17, 15) is 4.79 Å². The van der Waals surface area contributed by atoms with Crippen molar-refractivity contribution in [2.75, 3.05) is 0 Å². The van der Waals surface area contributed by atoms with Gasteiger partial charge in [0, 0.05) is 27.5 Å². The van der Waals surface area contributed by atoms with Crippen molar-refractivity contribution in [1.82, 2.24) is 0 Å². The highest BCUT2D eigenvalue weighted by molar-refractivity contribution is 7.43. The van der Waals surface area contributed by atoms with Gasteiger partial charge in [-0.3, -0.25) is 0 Å². The second-order valence-corrected chi connectivity index (χ2v) is 9.25. The molecule has 0 radical (unpaired) electrons. The molecule has 2 aromatic carbocycles. The van der Waals surface area contributed by atoms with Crippen LogP contribution < -0.4 is 0 Å². The number of esters is 1. The molecular weight excluding hydrogens is 360 g/mol. The highest BCUT2D eigenvalue weighted by Gasteiger charge is 2.26. The topological polar surface area (TPSA) is 26.3 Å². The van der Waals surface area contributed by atoms with Crippen LogP contribution in [0.5, 0.6) is 0 Å². The van der Waals surface area contributed by atoms with Crippen molar-refractivity contribution in [3.8, 4) is 4.90 Å². The fourth-order valence-electron chi connectivity index (χ4n) is 2.93. The van der Waals surface area contributed by atoms with Gasteiger partial charge in [-0.15, -0.1) is 0 Å². The summed E-state index contributed by atoms with van der Waals surface area (Å²) in [5, 5.41) is 7.52. The van der Waals surface area contributed by atoms with Gasteiger partial charge in [0.15, 0.2) is 9.60 Å². The third kappa shape index (κ3) is 3.18. The summed E-state index contributed by atoms with van der Waals surface area (Å²) in [6.45, 7) is 3.84. The van der Waals surface area contributed by atoms with Crippen molar-refractivity contribution < 1.29 is 9.53 Å². The number of thiophene rings is 2. The second kappa shape index (κ2) is 6.71. The molecule has 0 saturated carbocycles. The Balaban J connectivity index is 1.57. The third-order valence-electron chi connectivity index (χ3n) is 4.45. The van der Waals surface area contributed by atoms with Gasteiger partial charge in [0.05, 0.1) is 5.56 Å². The predicted molar refractivity (Wildman–Crippen MR) is 111 cm³/mol. The van der Waals surface area contributed by atoms with Crippen LogP contribution >= 0.6 is 21.8 Å². The van der Waals surface area contributed by atoms with E-state index in [2.05, 4.69) is 35.7 Å². The number of rotatable bonds is 4. The van der Waals surface area contributed by atoms with E-state index in [-0.39, 0.29) is 16.4 Å². The van der Waals surface area contributed by atoms with Gasteiger partial charge in [-0.25, -0.2) is 4.79 Å². The molecule has 0 aliphatic heterocycles. The lowest BCUT2D eigenvalue weighted by Gasteiger charge is -2.24. The fourth-order valence-corrected chi connectivity index (χ4v) is 5.63. The smallest absolute Gasteiger partial charge is 0.338 e. The Hall–Kier alpha value is -2.43. The second-order valence-electron chi connectivity index (χ2n) is 6.61. The number of carbonyl (C=O) groups excluding carboxylic acids is 1. The van der Waals surface area contributed by atoms with Gasteiger partial charge < -0.3 is 4.74 Å². The van der Waals surface area contributed by atoms with Gasteiger partial charge in [-0.05, 0) is 67.1 Å². The van der Waals surface area contributed by atoms with E-state index in [1.165, 1.54) is 15.0 Å². The van der Waals surface area contributed by atoms with Crippen molar-refractivity contribution in [3.63, 3.8) is 0 Å². The van der Waals surface area contributed by atoms with Crippen LogP contribution in [-0.2, 0) is 10.3 Å². The minimum absolute atomic E-state index is 0.0617. The Kier molecular flexibility index (Phi) is 4.39. The lowest BCUT2D eigenvalue weighted by Crippen LogP contribution is -2.25. The van der Waals surface area contributed by atoms with E-state index in [1.807, 2.05) is 54.9 Å². The quantitative estimate of drug-likeness (QED) is 0.290. The summed E-state index contributed by atoms with van der Waals surface area (Å²) in [5.74, 6) is -0.293. The van der Waals surface area contributed by atoms with Crippen molar-refractivity contribution in [1.29, 1.82) is 0 Å².